The van der Waals surface area contributed by atoms with Gasteiger partial charge in [0.25, 0.3) is 0 Å². The molecule has 5 rings (SSSR count). The SMILES string of the molecule is CC(=O)CCCNCc1cc(Br)c(OCc2cccc(-c3ccc4c(c3)OCCO4)c2C#N)cc1OCc1cccc(C#N)c1. The van der Waals surface area contributed by atoms with Crippen molar-refractivity contribution in [1.82, 2.24) is 5.32 Å². The second kappa shape index (κ2) is 15.3. The molecule has 4 aromatic rings. The zero-order chi connectivity index (χ0) is 31.6. The molecule has 45 heavy (non-hydrogen) atoms. The second-order valence-corrected chi connectivity index (χ2v) is 11.4. The molecule has 1 aliphatic rings. The van der Waals surface area contributed by atoms with E-state index in [4.69, 9.17) is 18.9 Å². The molecule has 0 saturated heterocycles. The fourth-order valence-electron chi connectivity index (χ4n) is 5.00. The first-order valence-electron chi connectivity index (χ1n) is 14.6. The van der Waals surface area contributed by atoms with Crippen LogP contribution in [0.2, 0.25) is 0 Å². The number of benzene rings is 4. The van der Waals surface area contributed by atoms with Crippen molar-refractivity contribution in [3.63, 3.8) is 0 Å². The van der Waals surface area contributed by atoms with E-state index in [0.29, 0.717) is 66.8 Å². The van der Waals surface area contributed by atoms with Crippen molar-refractivity contribution in [3.8, 4) is 46.3 Å². The number of carbonyl (C=O) groups is 1. The number of rotatable bonds is 13. The monoisotopic (exact) mass is 665 g/mol. The van der Waals surface area contributed by atoms with Gasteiger partial charge in [-0.05, 0) is 82.8 Å². The third-order valence-corrected chi connectivity index (χ3v) is 7.88. The van der Waals surface area contributed by atoms with Gasteiger partial charge in [0.05, 0.1) is 21.7 Å². The van der Waals surface area contributed by atoms with Crippen LogP contribution < -0.4 is 24.3 Å². The van der Waals surface area contributed by atoms with Gasteiger partial charge in [0.15, 0.2) is 11.5 Å². The van der Waals surface area contributed by atoms with Crippen LogP contribution in [0.5, 0.6) is 23.0 Å². The third-order valence-electron chi connectivity index (χ3n) is 7.26. The molecule has 0 bridgehead atoms. The van der Waals surface area contributed by atoms with E-state index in [1.165, 1.54) is 0 Å². The van der Waals surface area contributed by atoms with Crippen molar-refractivity contribution in [2.45, 2.75) is 39.5 Å². The summed E-state index contributed by atoms with van der Waals surface area (Å²) in [5.74, 6) is 2.71. The summed E-state index contributed by atoms with van der Waals surface area (Å²) >= 11 is 3.65. The zero-order valence-corrected chi connectivity index (χ0v) is 26.5. The van der Waals surface area contributed by atoms with E-state index in [-0.39, 0.29) is 19.0 Å². The average Bonchev–Trinajstić information content (AvgIpc) is 3.06. The van der Waals surface area contributed by atoms with Crippen LogP contribution in [0, 0.1) is 22.7 Å². The maximum atomic E-state index is 11.3. The number of ether oxygens (including phenoxy) is 4. The van der Waals surface area contributed by atoms with Crippen molar-refractivity contribution in [2.75, 3.05) is 19.8 Å². The lowest BCUT2D eigenvalue weighted by molar-refractivity contribution is -0.117. The first kappa shape index (κ1) is 31.6. The highest BCUT2D eigenvalue weighted by Crippen LogP contribution is 2.37. The number of halogens is 1. The summed E-state index contributed by atoms with van der Waals surface area (Å²) in [5, 5.41) is 22.8. The molecule has 228 valence electrons. The summed E-state index contributed by atoms with van der Waals surface area (Å²) in [6.45, 7) is 4.23. The number of ketones is 1. The molecule has 8 nitrogen and oxygen atoms in total. The van der Waals surface area contributed by atoms with E-state index in [2.05, 4.69) is 33.4 Å². The highest BCUT2D eigenvalue weighted by Gasteiger charge is 2.17. The molecule has 0 spiro atoms. The minimum Gasteiger partial charge on any atom is -0.488 e. The Morgan fingerprint density at radius 3 is 2.49 bits per heavy atom. The van der Waals surface area contributed by atoms with Crippen LogP contribution in [0.25, 0.3) is 11.1 Å². The Bertz CT molecular complexity index is 1780. The predicted molar refractivity (Wildman–Crippen MR) is 173 cm³/mol. The second-order valence-electron chi connectivity index (χ2n) is 10.6. The zero-order valence-electron chi connectivity index (χ0n) is 24.9. The molecular weight excluding hydrogens is 634 g/mol. The first-order valence-corrected chi connectivity index (χ1v) is 15.4. The molecule has 9 heteroatoms. The Balaban J connectivity index is 1.36. The van der Waals surface area contributed by atoms with Gasteiger partial charge in [-0.1, -0.05) is 36.4 Å². The lowest BCUT2D eigenvalue weighted by Gasteiger charge is -2.19. The third kappa shape index (κ3) is 8.21. The molecule has 4 aromatic carbocycles. The van der Waals surface area contributed by atoms with Crippen LogP contribution >= 0.6 is 15.9 Å². The van der Waals surface area contributed by atoms with E-state index in [1.54, 1.807) is 19.1 Å². The summed E-state index contributed by atoms with van der Waals surface area (Å²) in [4.78, 5) is 11.3. The molecule has 0 aliphatic carbocycles. The van der Waals surface area contributed by atoms with Gasteiger partial charge >= 0.3 is 0 Å². The van der Waals surface area contributed by atoms with Crippen LogP contribution in [-0.4, -0.2) is 25.5 Å². The van der Waals surface area contributed by atoms with Crippen LogP contribution in [0.4, 0.5) is 0 Å². The van der Waals surface area contributed by atoms with E-state index in [1.807, 2.05) is 60.7 Å². The van der Waals surface area contributed by atoms with Crippen molar-refractivity contribution in [1.29, 1.82) is 10.5 Å². The minimum absolute atomic E-state index is 0.159. The van der Waals surface area contributed by atoms with E-state index < -0.39 is 0 Å². The van der Waals surface area contributed by atoms with Crippen LogP contribution in [0.15, 0.2) is 77.3 Å². The largest absolute Gasteiger partial charge is 0.488 e. The Morgan fingerprint density at radius 1 is 0.889 bits per heavy atom. The maximum Gasteiger partial charge on any atom is 0.161 e. The van der Waals surface area contributed by atoms with Crippen molar-refractivity contribution < 1.29 is 23.7 Å². The molecule has 0 atom stereocenters. The number of Topliss-reactive ketones (excluding diaryl/α,β-unsaturated/α-hetero) is 1. The number of fused-ring (bicyclic) bond motifs is 1. The molecule has 0 unspecified atom stereocenters. The summed E-state index contributed by atoms with van der Waals surface area (Å²) in [7, 11) is 0. The molecule has 0 amide bonds. The quantitative estimate of drug-likeness (QED) is 0.149. The van der Waals surface area contributed by atoms with Crippen molar-refractivity contribution >= 4 is 21.7 Å². The summed E-state index contributed by atoms with van der Waals surface area (Å²) in [5.41, 5.74) is 5.24. The number of hydrogen-bond acceptors (Lipinski definition) is 8. The van der Waals surface area contributed by atoms with Gasteiger partial charge in [0.1, 0.15) is 49.8 Å². The standard InChI is InChI=1S/C36H32BrN3O5/c1-24(41)5-4-12-40-21-29-16-32(37)35(18-34(29)44-22-26-7-2-6-25(15-26)19-38)45-23-28-8-3-9-30(31(28)20-39)27-10-11-33-36(17-27)43-14-13-42-33/h2-3,6-11,15-18,40H,4-5,12-14,21-23H2,1H3. The number of nitrogens with zero attached hydrogens (tertiary/aromatic N) is 2. The highest BCUT2D eigenvalue weighted by atomic mass is 79.9. The highest BCUT2D eigenvalue weighted by molar-refractivity contribution is 9.10. The predicted octanol–water partition coefficient (Wildman–Crippen LogP) is 7.25. The van der Waals surface area contributed by atoms with Crippen molar-refractivity contribution in [3.05, 3.63) is 105 Å². The van der Waals surface area contributed by atoms with Crippen LogP contribution in [-0.2, 0) is 24.6 Å². The molecule has 0 fully saturated rings. The van der Waals surface area contributed by atoms with Gasteiger partial charge in [0.2, 0.25) is 0 Å². The topological polar surface area (TPSA) is 114 Å². The normalized spacial score (nSPS) is 11.7. The summed E-state index contributed by atoms with van der Waals surface area (Å²) in [6, 6.07) is 27.0. The van der Waals surface area contributed by atoms with E-state index >= 15 is 0 Å². The molecule has 0 aromatic heterocycles. The van der Waals surface area contributed by atoms with E-state index in [0.717, 1.165) is 38.7 Å². The fraction of sp³-hybridized carbons (Fsp3) is 0.250. The van der Waals surface area contributed by atoms with Gasteiger partial charge in [-0.25, -0.2) is 0 Å². The average molecular weight is 667 g/mol. The molecular formula is C36H32BrN3O5. The fourth-order valence-corrected chi connectivity index (χ4v) is 5.50. The van der Waals surface area contributed by atoms with Crippen molar-refractivity contribution in [2.24, 2.45) is 0 Å². The molecule has 0 saturated carbocycles. The number of carbonyl (C=O) groups excluding carboxylic acids is 1. The Kier molecular flexibility index (Phi) is 10.7. The van der Waals surface area contributed by atoms with Gasteiger partial charge in [-0.15, -0.1) is 0 Å². The molecule has 1 aliphatic heterocycles. The van der Waals surface area contributed by atoms with Crippen LogP contribution in [0.1, 0.15) is 47.6 Å². The molecule has 1 heterocycles. The maximum absolute atomic E-state index is 11.3. The van der Waals surface area contributed by atoms with Gasteiger partial charge in [0, 0.05) is 30.2 Å². The van der Waals surface area contributed by atoms with Gasteiger partial charge in [-0.2, -0.15) is 10.5 Å². The summed E-state index contributed by atoms with van der Waals surface area (Å²) in [6.07, 6.45) is 1.28. The Hall–Kier alpha value is -4.83. The molecule has 1 N–H and O–H groups in total. The van der Waals surface area contributed by atoms with Gasteiger partial charge in [-0.3, -0.25) is 0 Å². The van der Waals surface area contributed by atoms with Gasteiger partial charge < -0.3 is 29.1 Å². The Labute approximate surface area is 271 Å². The number of hydrogen-bond donors (Lipinski definition) is 1. The lowest BCUT2D eigenvalue weighted by Crippen LogP contribution is -2.16. The first-order chi connectivity index (χ1) is 21.9. The Morgan fingerprint density at radius 2 is 1.69 bits per heavy atom. The molecule has 0 radical (unpaired) electrons. The summed E-state index contributed by atoms with van der Waals surface area (Å²) < 4.78 is 24.7. The van der Waals surface area contributed by atoms with Crippen LogP contribution in [0.3, 0.4) is 0 Å². The smallest absolute Gasteiger partial charge is 0.161 e. The minimum atomic E-state index is 0.159. The number of nitrogens with one attached hydrogen (secondary N) is 1. The lowest BCUT2D eigenvalue weighted by atomic mass is 9.96. The number of nitriles is 2. The van der Waals surface area contributed by atoms with E-state index in [9.17, 15) is 15.3 Å².